The van der Waals surface area contributed by atoms with Gasteiger partial charge < -0.3 is 10.4 Å². The highest BCUT2D eigenvalue weighted by Gasteiger charge is 2.08. The molecular formula is C14H11N3O4S. The Morgan fingerprint density at radius 2 is 2.00 bits per heavy atom. The van der Waals surface area contributed by atoms with Crippen LogP contribution in [0.2, 0.25) is 0 Å². The van der Waals surface area contributed by atoms with Crippen molar-refractivity contribution in [2.45, 2.75) is 0 Å². The third kappa shape index (κ3) is 4.53. The van der Waals surface area contributed by atoms with Gasteiger partial charge in [-0.2, -0.15) is 0 Å². The van der Waals surface area contributed by atoms with Crippen LogP contribution in [0.15, 0.2) is 48.0 Å². The smallest absolute Gasteiger partial charge is 0.328 e. The van der Waals surface area contributed by atoms with Gasteiger partial charge in [-0.25, -0.2) is 9.78 Å². The Bertz CT molecular complexity index is 725. The molecule has 0 aliphatic heterocycles. The number of hydrogen-bond acceptors (Lipinski definition) is 5. The van der Waals surface area contributed by atoms with Crippen LogP contribution in [0.1, 0.15) is 10.4 Å². The number of aliphatic carboxylic acids is 1. The first-order valence-electron chi connectivity index (χ1n) is 6.07. The molecule has 0 aliphatic rings. The second kappa shape index (κ2) is 7.14. The van der Waals surface area contributed by atoms with Gasteiger partial charge in [-0.1, -0.05) is 6.07 Å². The summed E-state index contributed by atoms with van der Waals surface area (Å²) in [5.41, 5.74) is 0.724. The molecule has 2 rings (SSSR count). The van der Waals surface area contributed by atoms with Crippen molar-refractivity contribution in [3.63, 3.8) is 0 Å². The van der Waals surface area contributed by atoms with Crippen LogP contribution >= 0.6 is 11.3 Å². The standard InChI is InChI=1S/C14H11N3O4S/c18-11(4-5-12(19)20)16-10-3-1-2-9(8-10)13(21)17-14-15-6-7-22-14/h1-8H,(H,16,18)(H,19,20)(H,15,17,21)/b5-4+. The number of anilines is 2. The molecule has 0 radical (unpaired) electrons. The summed E-state index contributed by atoms with van der Waals surface area (Å²) in [5.74, 6) is -2.17. The average molecular weight is 317 g/mol. The SMILES string of the molecule is O=C(O)/C=C/C(=O)Nc1cccc(C(=O)Nc2nccs2)c1. The summed E-state index contributed by atoms with van der Waals surface area (Å²) < 4.78 is 0. The molecule has 22 heavy (non-hydrogen) atoms. The molecule has 0 unspecified atom stereocenters. The van der Waals surface area contributed by atoms with E-state index in [0.29, 0.717) is 16.4 Å². The topological polar surface area (TPSA) is 108 Å². The Morgan fingerprint density at radius 1 is 1.18 bits per heavy atom. The molecule has 0 fully saturated rings. The minimum absolute atomic E-state index is 0.343. The summed E-state index contributed by atoms with van der Waals surface area (Å²) >= 11 is 1.29. The lowest BCUT2D eigenvalue weighted by Crippen LogP contribution is -2.13. The summed E-state index contributed by atoms with van der Waals surface area (Å²) in [4.78, 5) is 37.8. The van der Waals surface area contributed by atoms with Crippen molar-refractivity contribution >= 4 is 39.9 Å². The lowest BCUT2D eigenvalue weighted by atomic mass is 10.2. The van der Waals surface area contributed by atoms with Gasteiger partial charge in [0.05, 0.1) is 0 Å². The van der Waals surface area contributed by atoms with Crippen LogP contribution in [0, 0.1) is 0 Å². The lowest BCUT2D eigenvalue weighted by Gasteiger charge is -2.05. The van der Waals surface area contributed by atoms with Gasteiger partial charge in [0.1, 0.15) is 0 Å². The summed E-state index contributed by atoms with van der Waals surface area (Å²) in [6.07, 6.45) is 3.20. The number of hydrogen-bond donors (Lipinski definition) is 3. The Balaban J connectivity index is 2.04. The maximum atomic E-state index is 12.0. The second-order valence-corrected chi connectivity index (χ2v) is 4.93. The summed E-state index contributed by atoms with van der Waals surface area (Å²) in [6, 6.07) is 6.26. The van der Waals surface area contributed by atoms with Gasteiger partial charge in [0.2, 0.25) is 5.91 Å². The Labute approximate surface area is 129 Å². The number of rotatable bonds is 5. The van der Waals surface area contributed by atoms with Crippen LogP contribution in [-0.2, 0) is 9.59 Å². The fourth-order valence-corrected chi connectivity index (χ4v) is 2.05. The van der Waals surface area contributed by atoms with Gasteiger partial charge in [0.25, 0.3) is 5.91 Å². The predicted molar refractivity (Wildman–Crippen MR) is 81.9 cm³/mol. The van der Waals surface area contributed by atoms with Crippen molar-refractivity contribution in [1.29, 1.82) is 0 Å². The van der Waals surface area contributed by atoms with E-state index in [1.807, 2.05) is 0 Å². The lowest BCUT2D eigenvalue weighted by molar-refractivity contribution is -0.131. The third-order valence-electron chi connectivity index (χ3n) is 2.42. The van der Waals surface area contributed by atoms with E-state index in [0.717, 1.165) is 12.2 Å². The predicted octanol–water partition coefficient (Wildman–Crippen LogP) is 1.97. The number of thiazole rings is 1. The number of carboxylic acid groups (broad SMARTS) is 1. The van der Waals surface area contributed by atoms with Crippen molar-refractivity contribution in [3.8, 4) is 0 Å². The van der Waals surface area contributed by atoms with Gasteiger partial charge >= 0.3 is 5.97 Å². The number of nitrogens with zero attached hydrogens (tertiary/aromatic N) is 1. The van der Waals surface area contributed by atoms with Gasteiger partial charge in [0, 0.05) is 35.0 Å². The zero-order chi connectivity index (χ0) is 15.9. The zero-order valence-electron chi connectivity index (χ0n) is 11.1. The second-order valence-electron chi connectivity index (χ2n) is 4.03. The summed E-state index contributed by atoms with van der Waals surface area (Å²) in [7, 11) is 0. The van der Waals surface area contributed by atoms with E-state index in [4.69, 9.17) is 5.11 Å². The molecule has 8 heteroatoms. The van der Waals surface area contributed by atoms with E-state index in [1.165, 1.54) is 17.4 Å². The van der Waals surface area contributed by atoms with Crippen LogP contribution in [0.3, 0.4) is 0 Å². The van der Waals surface area contributed by atoms with Crippen molar-refractivity contribution < 1.29 is 19.5 Å². The molecule has 1 aromatic heterocycles. The average Bonchev–Trinajstić information content (AvgIpc) is 2.98. The molecule has 0 saturated heterocycles. The number of carbonyl (C=O) groups excluding carboxylic acids is 2. The number of aromatic nitrogens is 1. The van der Waals surface area contributed by atoms with Crippen molar-refractivity contribution in [2.75, 3.05) is 10.6 Å². The molecule has 0 atom stereocenters. The Morgan fingerprint density at radius 3 is 2.68 bits per heavy atom. The molecule has 1 heterocycles. The molecule has 0 aliphatic carbocycles. The van der Waals surface area contributed by atoms with Gasteiger partial charge in [-0.05, 0) is 18.2 Å². The van der Waals surface area contributed by atoms with E-state index >= 15 is 0 Å². The molecule has 1 aromatic carbocycles. The van der Waals surface area contributed by atoms with Crippen molar-refractivity contribution in [1.82, 2.24) is 4.98 Å². The number of nitrogens with one attached hydrogen (secondary N) is 2. The van der Waals surface area contributed by atoms with Gasteiger partial charge in [-0.3, -0.25) is 14.9 Å². The molecular weight excluding hydrogens is 306 g/mol. The minimum Gasteiger partial charge on any atom is -0.478 e. The number of amides is 2. The van der Waals surface area contributed by atoms with Crippen LogP contribution < -0.4 is 10.6 Å². The van der Waals surface area contributed by atoms with E-state index in [1.54, 1.807) is 29.8 Å². The third-order valence-corrected chi connectivity index (χ3v) is 3.11. The molecule has 7 nitrogen and oxygen atoms in total. The molecule has 0 spiro atoms. The largest absolute Gasteiger partial charge is 0.478 e. The van der Waals surface area contributed by atoms with Crippen LogP contribution in [0.25, 0.3) is 0 Å². The Hall–Kier alpha value is -3.00. The molecule has 112 valence electrons. The summed E-state index contributed by atoms with van der Waals surface area (Å²) in [6.45, 7) is 0. The highest BCUT2D eigenvalue weighted by atomic mass is 32.1. The van der Waals surface area contributed by atoms with E-state index in [9.17, 15) is 14.4 Å². The molecule has 0 bridgehead atoms. The summed E-state index contributed by atoms with van der Waals surface area (Å²) in [5, 5.41) is 15.7. The maximum Gasteiger partial charge on any atom is 0.328 e. The highest BCUT2D eigenvalue weighted by molar-refractivity contribution is 7.13. The fourth-order valence-electron chi connectivity index (χ4n) is 1.52. The van der Waals surface area contributed by atoms with Crippen molar-refractivity contribution in [2.24, 2.45) is 0 Å². The fraction of sp³-hybridized carbons (Fsp3) is 0. The molecule has 0 saturated carbocycles. The number of carbonyl (C=O) groups is 3. The molecule has 2 amide bonds. The number of benzene rings is 1. The Kier molecular flexibility index (Phi) is 4.99. The highest BCUT2D eigenvalue weighted by Crippen LogP contribution is 2.15. The monoisotopic (exact) mass is 317 g/mol. The zero-order valence-corrected chi connectivity index (χ0v) is 12.0. The van der Waals surface area contributed by atoms with Crippen LogP contribution in [0.5, 0.6) is 0 Å². The van der Waals surface area contributed by atoms with E-state index < -0.39 is 11.9 Å². The quantitative estimate of drug-likeness (QED) is 0.731. The first-order valence-corrected chi connectivity index (χ1v) is 6.95. The first-order chi connectivity index (χ1) is 10.5. The molecule has 2 aromatic rings. The van der Waals surface area contributed by atoms with E-state index in [-0.39, 0.29) is 5.91 Å². The van der Waals surface area contributed by atoms with Crippen LogP contribution in [0.4, 0.5) is 10.8 Å². The number of carboxylic acids is 1. The molecule has 3 N–H and O–H groups in total. The van der Waals surface area contributed by atoms with Gasteiger partial charge in [0.15, 0.2) is 5.13 Å². The van der Waals surface area contributed by atoms with Crippen molar-refractivity contribution in [3.05, 3.63) is 53.6 Å². The van der Waals surface area contributed by atoms with E-state index in [2.05, 4.69) is 15.6 Å². The van der Waals surface area contributed by atoms with Crippen LogP contribution in [-0.4, -0.2) is 27.9 Å². The maximum absolute atomic E-state index is 12.0. The van der Waals surface area contributed by atoms with Gasteiger partial charge in [-0.15, -0.1) is 11.3 Å². The first kappa shape index (κ1) is 15.4. The minimum atomic E-state index is -1.22. The normalized spacial score (nSPS) is 10.4.